The first-order valence-electron chi connectivity index (χ1n) is 10.2. The summed E-state index contributed by atoms with van der Waals surface area (Å²) in [5.41, 5.74) is 2.92. The Morgan fingerprint density at radius 2 is 1.06 bits per heavy atom. The van der Waals surface area contributed by atoms with E-state index in [-0.39, 0.29) is 23.6 Å². The number of anilines is 2. The monoisotopic (exact) mass is 438 g/mol. The Kier molecular flexibility index (Phi) is 4.63. The molecule has 162 valence electrons. The predicted octanol–water partition coefficient (Wildman–Crippen LogP) is 2.62. The molecule has 2 aliphatic rings. The van der Waals surface area contributed by atoms with Crippen molar-refractivity contribution >= 4 is 35.0 Å². The van der Waals surface area contributed by atoms with E-state index in [0.29, 0.717) is 11.4 Å². The van der Waals surface area contributed by atoms with E-state index in [0.717, 1.165) is 26.6 Å². The molecule has 0 spiro atoms. The van der Waals surface area contributed by atoms with Crippen molar-refractivity contribution in [3.05, 3.63) is 102 Å². The maximum atomic E-state index is 12.0. The number of carbonyl (C=O) groups excluding carboxylic acids is 4. The van der Waals surface area contributed by atoms with E-state index in [1.165, 1.54) is 24.3 Å². The maximum Gasteiger partial charge on any atom is 0.258 e. The minimum atomic E-state index is -0.665. The van der Waals surface area contributed by atoms with Crippen molar-refractivity contribution in [1.29, 1.82) is 0 Å². The molecule has 33 heavy (non-hydrogen) atoms. The highest BCUT2D eigenvalue weighted by Gasteiger charge is 2.34. The summed E-state index contributed by atoms with van der Waals surface area (Å²) >= 11 is 0. The number of benzene rings is 2. The molecule has 8 heteroatoms. The van der Waals surface area contributed by atoms with Gasteiger partial charge in [-0.1, -0.05) is 24.3 Å². The van der Waals surface area contributed by atoms with Crippen LogP contribution in [-0.2, 0) is 24.6 Å². The lowest BCUT2D eigenvalue weighted by molar-refractivity contribution is -0.121. The first-order chi connectivity index (χ1) is 15.9. The molecule has 3 heterocycles. The molecule has 0 saturated carbocycles. The second-order valence-corrected chi connectivity index (χ2v) is 7.87. The van der Waals surface area contributed by atoms with E-state index in [9.17, 15) is 19.2 Å². The van der Waals surface area contributed by atoms with Gasteiger partial charge in [0.15, 0.2) is 0 Å². The Hall–Kier alpha value is -4.59. The van der Waals surface area contributed by atoms with Gasteiger partial charge in [-0.2, -0.15) is 0 Å². The molecule has 2 aromatic carbocycles. The predicted molar refractivity (Wildman–Crippen MR) is 120 cm³/mol. The fourth-order valence-corrected chi connectivity index (χ4v) is 4.20. The molecule has 3 aromatic rings. The van der Waals surface area contributed by atoms with Gasteiger partial charge in [0.2, 0.25) is 0 Å². The Balaban J connectivity index is 1.53. The maximum absolute atomic E-state index is 12.0. The number of hydrogen-bond acceptors (Lipinski definition) is 5. The van der Waals surface area contributed by atoms with Gasteiger partial charge >= 0.3 is 0 Å². The highest BCUT2D eigenvalue weighted by Crippen LogP contribution is 2.39. The smallest absolute Gasteiger partial charge is 0.258 e. The van der Waals surface area contributed by atoms with Crippen LogP contribution in [0.25, 0.3) is 0 Å². The van der Waals surface area contributed by atoms with Gasteiger partial charge < -0.3 is 4.98 Å². The average Bonchev–Trinajstić information content (AvgIpc) is 3.55. The summed E-state index contributed by atoms with van der Waals surface area (Å²) in [6.45, 7) is 2.02. The van der Waals surface area contributed by atoms with Crippen LogP contribution in [0.5, 0.6) is 0 Å². The van der Waals surface area contributed by atoms with Crippen molar-refractivity contribution in [2.24, 2.45) is 0 Å². The molecule has 0 aliphatic carbocycles. The number of imidazole rings is 1. The fourth-order valence-electron chi connectivity index (χ4n) is 4.20. The molecule has 0 unspecified atom stereocenters. The summed E-state index contributed by atoms with van der Waals surface area (Å²) in [4.78, 5) is 57.6. The summed E-state index contributed by atoms with van der Waals surface area (Å²) < 4.78 is 0. The number of imide groups is 2. The lowest BCUT2D eigenvalue weighted by atomic mass is 9.74. The third-order valence-electron chi connectivity index (χ3n) is 6.06. The lowest BCUT2D eigenvalue weighted by Crippen LogP contribution is -2.30. The standard InChI is InChI=1S/C25H18N4O4/c1-25(20-14-26-15-27-20,16-2-6-18(7-3-16)28-21(30)10-11-22(28)31)17-4-8-19(9-5-17)29-23(32)12-13-24(29)33/h2-15H,1H3,(H,26,27). The summed E-state index contributed by atoms with van der Waals surface area (Å²) in [6, 6.07) is 14.4. The van der Waals surface area contributed by atoms with E-state index in [2.05, 4.69) is 9.97 Å². The van der Waals surface area contributed by atoms with Crippen LogP contribution in [0.15, 0.2) is 85.4 Å². The molecule has 0 bridgehead atoms. The van der Waals surface area contributed by atoms with Crippen LogP contribution in [0.1, 0.15) is 23.7 Å². The zero-order valence-electron chi connectivity index (χ0n) is 17.6. The topological polar surface area (TPSA) is 103 Å². The normalized spacial score (nSPS) is 15.9. The van der Waals surface area contributed by atoms with Crippen LogP contribution in [0.2, 0.25) is 0 Å². The molecule has 5 rings (SSSR count). The van der Waals surface area contributed by atoms with Gasteiger partial charge in [-0.25, -0.2) is 14.8 Å². The molecule has 8 nitrogen and oxygen atoms in total. The molecule has 0 saturated heterocycles. The number of hydrogen-bond donors (Lipinski definition) is 1. The zero-order chi connectivity index (χ0) is 23.2. The van der Waals surface area contributed by atoms with Crippen molar-refractivity contribution in [3.8, 4) is 0 Å². The van der Waals surface area contributed by atoms with Crippen molar-refractivity contribution < 1.29 is 19.2 Å². The number of amides is 4. The van der Waals surface area contributed by atoms with E-state index in [4.69, 9.17) is 0 Å². The van der Waals surface area contributed by atoms with Crippen LogP contribution in [0.3, 0.4) is 0 Å². The first kappa shape index (κ1) is 20.3. The SMILES string of the molecule is CC(c1ccc(N2C(=O)C=CC2=O)cc1)(c1ccc(N2C(=O)C=CC2=O)cc1)c1cnc[nH]1. The third-order valence-corrected chi connectivity index (χ3v) is 6.06. The molecule has 4 amide bonds. The molecule has 1 N–H and O–H groups in total. The Morgan fingerprint density at radius 3 is 1.39 bits per heavy atom. The third kappa shape index (κ3) is 3.20. The van der Waals surface area contributed by atoms with Gasteiger partial charge in [0.05, 0.1) is 23.1 Å². The number of rotatable bonds is 5. The first-order valence-corrected chi connectivity index (χ1v) is 10.2. The summed E-state index contributed by atoms with van der Waals surface area (Å²) in [5.74, 6) is -1.50. The van der Waals surface area contributed by atoms with Crippen molar-refractivity contribution in [2.75, 3.05) is 9.80 Å². The Morgan fingerprint density at radius 1 is 0.667 bits per heavy atom. The van der Waals surface area contributed by atoms with E-state index >= 15 is 0 Å². The molecule has 0 radical (unpaired) electrons. The number of aromatic amines is 1. The van der Waals surface area contributed by atoms with Gasteiger partial charge in [-0.05, 0) is 42.3 Å². The minimum Gasteiger partial charge on any atom is -0.347 e. The van der Waals surface area contributed by atoms with E-state index in [1.807, 2.05) is 31.2 Å². The summed E-state index contributed by atoms with van der Waals surface area (Å²) in [6.07, 6.45) is 8.32. The zero-order valence-corrected chi connectivity index (χ0v) is 17.6. The van der Waals surface area contributed by atoms with Crippen LogP contribution >= 0.6 is 0 Å². The number of H-pyrrole nitrogens is 1. The van der Waals surface area contributed by atoms with Crippen LogP contribution in [-0.4, -0.2) is 33.6 Å². The van der Waals surface area contributed by atoms with Crippen LogP contribution < -0.4 is 9.80 Å². The van der Waals surface area contributed by atoms with Crippen molar-refractivity contribution in [1.82, 2.24) is 9.97 Å². The van der Waals surface area contributed by atoms with E-state index in [1.54, 1.807) is 36.8 Å². The van der Waals surface area contributed by atoms with Gasteiger partial charge in [0, 0.05) is 36.2 Å². The fraction of sp³-hybridized carbons (Fsp3) is 0.0800. The van der Waals surface area contributed by atoms with Gasteiger partial charge in [-0.15, -0.1) is 0 Å². The molecular formula is C25H18N4O4. The van der Waals surface area contributed by atoms with Crippen LogP contribution in [0.4, 0.5) is 11.4 Å². The number of nitrogens with one attached hydrogen (secondary N) is 1. The Bertz CT molecular complexity index is 1210. The second-order valence-electron chi connectivity index (χ2n) is 7.87. The number of nitrogens with zero attached hydrogens (tertiary/aromatic N) is 3. The summed E-state index contributed by atoms with van der Waals surface area (Å²) in [7, 11) is 0. The lowest BCUT2D eigenvalue weighted by Gasteiger charge is -2.31. The highest BCUT2D eigenvalue weighted by atomic mass is 16.2. The number of aromatic nitrogens is 2. The Labute approximate surface area is 188 Å². The largest absolute Gasteiger partial charge is 0.347 e. The van der Waals surface area contributed by atoms with Crippen molar-refractivity contribution in [3.63, 3.8) is 0 Å². The van der Waals surface area contributed by atoms with Crippen molar-refractivity contribution in [2.45, 2.75) is 12.3 Å². The quantitative estimate of drug-likeness (QED) is 0.617. The summed E-state index contributed by atoms with van der Waals surface area (Å²) in [5, 5.41) is 0. The molecule has 2 aliphatic heterocycles. The van der Waals surface area contributed by atoms with Crippen LogP contribution in [0, 0.1) is 0 Å². The minimum absolute atomic E-state index is 0.375. The second kappa shape index (κ2) is 7.52. The molecule has 0 fully saturated rings. The average molecular weight is 438 g/mol. The van der Waals surface area contributed by atoms with Gasteiger partial charge in [0.1, 0.15) is 0 Å². The molecule has 1 aromatic heterocycles. The van der Waals surface area contributed by atoms with E-state index < -0.39 is 5.41 Å². The van der Waals surface area contributed by atoms with Gasteiger partial charge in [-0.3, -0.25) is 19.2 Å². The highest BCUT2D eigenvalue weighted by molar-refractivity contribution is 6.28. The number of carbonyl (C=O) groups is 4. The molecular weight excluding hydrogens is 420 g/mol. The molecule has 0 atom stereocenters. The van der Waals surface area contributed by atoms with Gasteiger partial charge in [0.25, 0.3) is 23.6 Å².